The molecular formula is C78H155Br2N4O12+. The molecule has 0 saturated carbocycles. The molecule has 0 spiro atoms. The lowest BCUT2D eigenvalue weighted by atomic mass is 10.1. The van der Waals surface area contributed by atoms with Crippen molar-refractivity contribution in [3.63, 3.8) is 0 Å². The van der Waals surface area contributed by atoms with Gasteiger partial charge in [-0.05, 0) is 39.8 Å². The number of rotatable bonds is 69. The van der Waals surface area contributed by atoms with Gasteiger partial charge in [-0.1, -0.05) is 300 Å². The Bertz CT molecular complexity index is 1610. The SMILES string of the molecule is Br.CCCCCCCCCCCCCC(=O)OCCN(CCOC(=O)CCCCCCCCCCCCC)C(=O)CCN(C)C.CCCCCCCCCCCCCC(=O)OCCN(CCOC(=O)CCCCCCCCCCCCC)C(=O)CC[N+](C)(C)CCO.OCCBr. The van der Waals surface area contributed by atoms with E-state index in [1.54, 1.807) is 9.80 Å². The maximum Gasteiger partial charge on any atom is 0.305 e. The molecule has 2 amide bonds. The van der Waals surface area contributed by atoms with E-state index >= 15 is 0 Å². The summed E-state index contributed by atoms with van der Waals surface area (Å²) in [5.41, 5.74) is 0. The molecule has 0 aromatic heterocycles. The number of aliphatic hydroxyl groups excluding tert-OH is 2. The molecule has 0 atom stereocenters. The van der Waals surface area contributed by atoms with E-state index in [0.29, 0.717) is 81.1 Å². The van der Waals surface area contributed by atoms with E-state index in [0.717, 1.165) is 64.2 Å². The fourth-order valence-electron chi connectivity index (χ4n) is 11.2. The Balaban J connectivity index is -0.000000827. The molecule has 0 fully saturated rings. The number of nitrogens with zero attached hydrogens (tertiary/aromatic N) is 4. The Hall–Kier alpha value is -2.38. The number of hydrogen-bond donors (Lipinski definition) is 2. The third-order valence-electron chi connectivity index (χ3n) is 17.6. The van der Waals surface area contributed by atoms with Crippen LogP contribution in [-0.4, -0.2) is 184 Å². The van der Waals surface area contributed by atoms with Crippen LogP contribution in [0.3, 0.4) is 0 Å². The predicted molar refractivity (Wildman–Crippen MR) is 409 cm³/mol. The largest absolute Gasteiger partial charge is 0.464 e. The van der Waals surface area contributed by atoms with Gasteiger partial charge in [-0.25, -0.2) is 0 Å². The molecule has 0 aromatic carbocycles. The van der Waals surface area contributed by atoms with Crippen LogP contribution in [0.4, 0.5) is 0 Å². The minimum Gasteiger partial charge on any atom is -0.464 e. The van der Waals surface area contributed by atoms with E-state index in [-0.39, 0.29) is 105 Å². The van der Waals surface area contributed by atoms with Crippen molar-refractivity contribution < 1.29 is 62.4 Å². The van der Waals surface area contributed by atoms with Gasteiger partial charge in [0.05, 0.1) is 66.5 Å². The van der Waals surface area contributed by atoms with E-state index in [4.69, 9.17) is 24.1 Å². The third-order valence-corrected chi connectivity index (χ3v) is 18.0. The Morgan fingerprint density at radius 2 is 0.521 bits per heavy atom. The quantitative estimate of drug-likeness (QED) is 0.0193. The number of carbonyl (C=O) groups is 6. The zero-order valence-corrected chi connectivity index (χ0v) is 67.1. The molecule has 18 heteroatoms. The lowest BCUT2D eigenvalue weighted by Gasteiger charge is -2.30. The second-order valence-electron chi connectivity index (χ2n) is 27.6. The van der Waals surface area contributed by atoms with E-state index in [1.165, 1.54) is 218 Å². The number of unbranched alkanes of at least 4 members (excludes halogenated alkanes) is 40. The lowest BCUT2D eigenvalue weighted by Crippen LogP contribution is -2.45. The number of halogens is 2. The number of amides is 2. The summed E-state index contributed by atoms with van der Waals surface area (Å²) in [7, 11) is 7.84. The summed E-state index contributed by atoms with van der Waals surface area (Å²) in [6.07, 6.45) is 56.9. The molecular weight excluding hydrogens is 1340 g/mol. The fraction of sp³-hybridized carbons (Fsp3) is 0.923. The zero-order chi connectivity index (χ0) is 70.8. The van der Waals surface area contributed by atoms with Crippen molar-refractivity contribution in [2.75, 3.05) is 119 Å². The predicted octanol–water partition coefficient (Wildman–Crippen LogP) is 19.0. The van der Waals surface area contributed by atoms with E-state index in [1.807, 2.05) is 33.1 Å². The van der Waals surface area contributed by atoms with Crippen LogP contribution in [0.1, 0.15) is 349 Å². The molecule has 0 radical (unpaired) electrons. The summed E-state index contributed by atoms with van der Waals surface area (Å²) in [5, 5.41) is 17.8. The van der Waals surface area contributed by atoms with Crippen molar-refractivity contribution in [1.82, 2.24) is 14.7 Å². The molecule has 572 valence electrons. The highest BCUT2D eigenvalue weighted by atomic mass is 79.9. The molecule has 0 rings (SSSR count). The first-order valence-electron chi connectivity index (χ1n) is 39.5. The minimum absolute atomic E-state index is 0. The van der Waals surface area contributed by atoms with Crippen molar-refractivity contribution in [3.05, 3.63) is 0 Å². The van der Waals surface area contributed by atoms with E-state index in [9.17, 15) is 33.9 Å². The minimum atomic E-state index is -0.215. The molecule has 96 heavy (non-hydrogen) atoms. The van der Waals surface area contributed by atoms with Crippen LogP contribution in [-0.2, 0) is 47.7 Å². The highest BCUT2D eigenvalue weighted by Crippen LogP contribution is 2.17. The van der Waals surface area contributed by atoms with Gasteiger partial charge in [0.1, 0.15) is 33.0 Å². The maximum atomic E-state index is 13.1. The Labute approximate surface area is 609 Å². The maximum absolute atomic E-state index is 13.1. The van der Waals surface area contributed by atoms with Gasteiger partial charge in [0.15, 0.2) is 0 Å². The fourth-order valence-corrected chi connectivity index (χ4v) is 11.2. The molecule has 16 nitrogen and oxygen atoms in total. The second-order valence-corrected chi connectivity index (χ2v) is 28.4. The zero-order valence-electron chi connectivity index (χ0n) is 63.8. The van der Waals surface area contributed by atoms with E-state index in [2.05, 4.69) is 43.6 Å². The first-order chi connectivity index (χ1) is 46.1. The molecule has 0 aliphatic carbocycles. The molecule has 0 saturated heterocycles. The molecule has 0 heterocycles. The molecule has 0 aliphatic heterocycles. The average molecular weight is 1500 g/mol. The first kappa shape index (κ1) is 100.0. The van der Waals surface area contributed by atoms with Gasteiger partial charge in [0.25, 0.3) is 0 Å². The molecule has 2 N–H and O–H groups in total. The summed E-state index contributed by atoms with van der Waals surface area (Å²) in [5.74, 6) is -0.890. The van der Waals surface area contributed by atoms with Crippen molar-refractivity contribution in [3.8, 4) is 0 Å². The number of carbonyl (C=O) groups excluding carboxylic acids is 6. The van der Waals surface area contributed by atoms with Crippen molar-refractivity contribution in [2.24, 2.45) is 0 Å². The molecule has 0 aliphatic rings. The van der Waals surface area contributed by atoms with E-state index < -0.39 is 0 Å². The number of ether oxygens (including phenoxy) is 4. The van der Waals surface area contributed by atoms with Crippen molar-refractivity contribution in [2.45, 2.75) is 349 Å². The lowest BCUT2D eigenvalue weighted by molar-refractivity contribution is -0.890. The van der Waals surface area contributed by atoms with Gasteiger partial charge in [-0.2, -0.15) is 0 Å². The highest BCUT2D eigenvalue weighted by molar-refractivity contribution is 9.09. The summed E-state index contributed by atoms with van der Waals surface area (Å²) >= 11 is 3.00. The van der Waals surface area contributed by atoms with Gasteiger partial charge in [-0.3, -0.25) is 28.8 Å². The molecule has 0 aromatic rings. The van der Waals surface area contributed by atoms with Gasteiger partial charge >= 0.3 is 23.9 Å². The average Bonchev–Trinajstić information content (AvgIpc) is 1.34. The van der Waals surface area contributed by atoms with Crippen LogP contribution in [0.15, 0.2) is 0 Å². The van der Waals surface area contributed by atoms with Crippen LogP contribution in [0.2, 0.25) is 0 Å². The number of likely N-dealkylation sites (N-methyl/N-ethyl adjacent to an activating group) is 1. The number of esters is 4. The van der Waals surface area contributed by atoms with Crippen LogP contribution in [0, 0.1) is 0 Å². The number of aliphatic hydroxyl groups is 2. The topological polar surface area (TPSA) is 190 Å². The number of alkyl halides is 1. The summed E-state index contributed by atoms with van der Waals surface area (Å²) < 4.78 is 22.4. The summed E-state index contributed by atoms with van der Waals surface area (Å²) in [4.78, 5) is 80.2. The summed E-state index contributed by atoms with van der Waals surface area (Å²) in [6, 6.07) is 0. The number of quaternary nitrogens is 1. The Morgan fingerprint density at radius 3 is 0.719 bits per heavy atom. The van der Waals surface area contributed by atoms with Crippen molar-refractivity contribution in [1.29, 1.82) is 0 Å². The van der Waals surface area contributed by atoms with Crippen LogP contribution < -0.4 is 0 Å². The standard InChI is InChI=1S/C39H77N2O6.C37H72N2O5.C2H5BrO.BrH/c1-5-7-9-11-13-15-17-19-21-23-25-27-38(44)46-35-30-40(37(43)29-32-41(3,4)33-34-42)31-36-47-39(45)28-26-24-22-20-18-16-14-12-10-8-6-2;1-5-7-9-11-13-15-17-19-21-23-25-27-36(41)43-33-31-39(35(40)29-30-38(3)4)32-34-44-37(42)28-26-24-22-20-18-16-14-12-10-8-6-2;3-1-2-4;/h42H,5-36H2,1-4H3;5-34H2,1-4H3;4H,1-2H2;1H/q+1;;;. The highest BCUT2D eigenvalue weighted by Gasteiger charge is 2.22. The monoisotopic (exact) mass is 1500 g/mol. The third kappa shape index (κ3) is 79.0. The van der Waals surface area contributed by atoms with Crippen LogP contribution in [0.25, 0.3) is 0 Å². The normalized spacial score (nSPS) is 11.1. The van der Waals surface area contributed by atoms with Gasteiger partial charge in [-0.15, -0.1) is 17.0 Å². The Kier molecular flexibility index (Phi) is 83.3. The van der Waals surface area contributed by atoms with Crippen molar-refractivity contribution >= 4 is 68.6 Å². The van der Waals surface area contributed by atoms with Crippen LogP contribution in [0.5, 0.6) is 0 Å². The Morgan fingerprint density at radius 1 is 0.312 bits per heavy atom. The van der Waals surface area contributed by atoms with Crippen LogP contribution >= 0.6 is 32.9 Å². The molecule has 0 bridgehead atoms. The number of hydrogen-bond acceptors (Lipinski definition) is 13. The van der Waals surface area contributed by atoms with Gasteiger partial charge in [0.2, 0.25) is 11.8 Å². The smallest absolute Gasteiger partial charge is 0.305 e. The van der Waals surface area contributed by atoms with Gasteiger partial charge < -0.3 is 48.3 Å². The van der Waals surface area contributed by atoms with Gasteiger partial charge in [0, 0.05) is 44.0 Å². The molecule has 0 unspecified atom stereocenters. The first-order valence-corrected chi connectivity index (χ1v) is 40.6. The second kappa shape index (κ2) is 79.9. The summed E-state index contributed by atoms with van der Waals surface area (Å²) in [6.45, 7) is 13.0.